The van der Waals surface area contributed by atoms with Crippen molar-refractivity contribution in [3.8, 4) is 11.5 Å². The van der Waals surface area contributed by atoms with Crippen LogP contribution in [0, 0.1) is 12.8 Å². The van der Waals surface area contributed by atoms with Gasteiger partial charge in [0.25, 0.3) is 5.91 Å². The first kappa shape index (κ1) is 22.2. The van der Waals surface area contributed by atoms with E-state index in [9.17, 15) is 18.0 Å². The Morgan fingerprint density at radius 1 is 1.09 bits per heavy atom. The summed E-state index contributed by atoms with van der Waals surface area (Å²) in [6.45, 7) is 2.46. The van der Waals surface area contributed by atoms with Gasteiger partial charge in [0.05, 0.1) is 24.0 Å². The van der Waals surface area contributed by atoms with Crippen LogP contribution in [0.1, 0.15) is 41.0 Å². The molecule has 0 unspecified atom stereocenters. The van der Waals surface area contributed by atoms with Gasteiger partial charge in [-0.2, -0.15) is 13.2 Å². The van der Waals surface area contributed by atoms with E-state index in [0.717, 1.165) is 37.4 Å². The highest BCUT2D eigenvalue weighted by Crippen LogP contribution is 2.38. The Morgan fingerprint density at radius 3 is 2.56 bits per heavy atom. The fourth-order valence-corrected chi connectivity index (χ4v) is 4.80. The lowest BCUT2D eigenvalue weighted by Crippen LogP contribution is -2.59. The number of fused-ring (bicyclic) bond motifs is 3. The molecule has 1 N–H and O–H groups in total. The van der Waals surface area contributed by atoms with Crippen LogP contribution in [-0.2, 0) is 6.18 Å². The molecule has 1 aliphatic carbocycles. The predicted octanol–water partition coefficient (Wildman–Crippen LogP) is 3.76. The van der Waals surface area contributed by atoms with Gasteiger partial charge in [-0.3, -0.25) is 4.79 Å². The zero-order valence-electron chi connectivity index (χ0n) is 18.3. The van der Waals surface area contributed by atoms with E-state index < -0.39 is 11.9 Å². The average Bonchev–Trinajstić information content (AvgIpc) is 2.84. The van der Waals surface area contributed by atoms with E-state index in [1.54, 1.807) is 30.6 Å². The van der Waals surface area contributed by atoms with Crippen molar-refractivity contribution < 1.29 is 18.0 Å². The summed E-state index contributed by atoms with van der Waals surface area (Å²) in [4.78, 5) is 36.0. The third kappa shape index (κ3) is 4.29. The molecule has 1 amide bonds. The van der Waals surface area contributed by atoms with Crippen LogP contribution < -0.4 is 5.32 Å². The Balaban J connectivity index is 1.40. The SMILES string of the molecule is Cc1ccc(C(=O)N2C[C@H]3CC[C@H]2[C@H](Nc2cnc(C(F)(F)F)cn2)C3)c(-c2ncccn2)n1. The monoisotopic (exact) mass is 469 g/mol. The fraction of sp³-hybridized carbons (Fsp3) is 0.391. The second kappa shape index (κ2) is 8.62. The third-order valence-electron chi connectivity index (χ3n) is 6.36. The topological polar surface area (TPSA) is 96.8 Å². The average molecular weight is 469 g/mol. The fourth-order valence-electron chi connectivity index (χ4n) is 4.80. The van der Waals surface area contributed by atoms with E-state index in [2.05, 4.69) is 30.2 Å². The number of amides is 1. The molecule has 0 radical (unpaired) electrons. The number of hydrogen-bond acceptors (Lipinski definition) is 7. The maximum atomic E-state index is 13.7. The highest BCUT2D eigenvalue weighted by molar-refractivity contribution is 5.99. The Bertz CT molecular complexity index is 1190. The number of alkyl halides is 3. The maximum absolute atomic E-state index is 13.7. The number of aryl methyl sites for hydroxylation is 1. The Kier molecular flexibility index (Phi) is 5.62. The molecule has 3 aliphatic rings. The van der Waals surface area contributed by atoms with Crippen molar-refractivity contribution >= 4 is 11.7 Å². The van der Waals surface area contributed by atoms with Crippen molar-refractivity contribution in [2.24, 2.45) is 5.92 Å². The van der Waals surface area contributed by atoms with Crippen molar-refractivity contribution in [3.63, 3.8) is 0 Å². The lowest BCUT2D eigenvalue weighted by molar-refractivity contribution is -0.141. The summed E-state index contributed by atoms with van der Waals surface area (Å²) in [6, 6.07) is 4.97. The molecule has 11 heteroatoms. The van der Waals surface area contributed by atoms with Gasteiger partial charge in [-0.15, -0.1) is 0 Å². The van der Waals surface area contributed by atoms with Gasteiger partial charge in [-0.1, -0.05) is 0 Å². The highest BCUT2D eigenvalue weighted by Gasteiger charge is 2.44. The molecule has 2 bridgehead atoms. The lowest BCUT2D eigenvalue weighted by Gasteiger charge is -2.50. The first-order valence-electron chi connectivity index (χ1n) is 11.0. The first-order chi connectivity index (χ1) is 16.3. The van der Waals surface area contributed by atoms with Crippen LogP contribution in [0.3, 0.4) is 0 Å². The molecule has 176 valence electrons. The maximum Gasteiger partial charge on any atom is 0.434 e. The van der Waals surface area contributed by atoms with E-state index in [4.69, 9.17) is 0 Å². The van der Waals surface area contributed by atoms with Crippen molar-refractivity contribution in [2.75, 3.05) is 11.9 Å². The Hall–Kier alpha value is -3.63. The van der Waals surface area contributed by atoms with E-state index >= 15 is 0 Å². The van der Waals surface area contributed by atoms with Crippen molar-refractivity contribution in [3.05, 3.63) is 59.9 Å². The molecular weight excluding hydrogens is 447 g/mol. The number of halogens is 3. The van der Waals surface area contributed by atoms with Gasteiger partial charge < -0.3 is 10.2 Å². The second-order valence-corrected chi connectivity index (χ2v) is 8.66. The minimum absolute atomic E-state index is 0.132. The highest BCUT2D eigenvalue weighted by atomic mass is 19.4. The van der Waals surface area contributed by atoms with E-state index in [-0.39, 0.29) is 29.7 Å². The molecule has 0 aromatic carbocycles. The number of nitrogens with one attached hydrogen (secondary N) is 1. The minimum atomic E-state index is -4.54. The number of anilines is 1. The second-order valence-electron chi connectivity index (χ2n) is 8.66. The molecule has 34 heavy (non-hydrogen) atoms. The summed E-state index contributed by atoms with van der Waals surface area (Å²) in [6.07, 6.45) is 3.06. The normalized spacial score (nSPS) is 22.0. The number of aromatic nitrogens is 5. The predicted molar refractivity (Wildman–Crippen MR) is 117 cm³/mol. The Morgan fingerprint density at radius 2 is 1.88 bits per heavy atom. The molecule has 8 nitrogen and oxygen atoms in total. The molecule has 5 heterocycles. The molecule has 0 spiro atoms. The molecular formula is C23H22F3N7O. The molecule has 1 saturated carbocycles. The van der Waals surface area contributed by atoms with E-state index in [0.29, 0.717) is 23.6 Å². The van der Waals surface area contributed by atoms with Crippen LogP contribution in [0.2, 0.25) is 0 Å². The van der Waals surface area contributed by atoms with Crippen LogP contribution in [-0.4, -0.2) is 54.4 Å². The van der Waals surface area contributed by atoms with Crippen LogP contribution in [0.5, 0.6) is 0 Å². The van der Waals surface area contributed by atoms with Crippen LogP contribution in [0.25, 0.3) is 11.5 Å². The summed E-state index contributed by atoms with van der Waals surface area (Å²) in [5, 5.41) is 3.21. The smallest absolute Gasteiger partial charge is 0.364 e. The largest absolute Gasteiger partial charge is 0.434 e. The van der Waals surface area contributed by atoms with Gasteiger partial charge in [0.15, 0.2) is 11.5 Å². The van der Waals surface area contributed by atoms with Crippen molar-refractivity contribution in [1.29, 1.82) is 0 Å². The first-order valence-corrected chi connectivity index (χ1v) is 11.0. The number of hydrogen-bond donors (Lipinski definition) is 1. The zero-order valence-corrected chi connectivity index (χ0v) is 18.3. The van der Waals surface area contributed by atoms with Gasteiger partial charge in [-0.25, -0.2) is 24.9 Å². The standard InChI is InChI=1S/C23H22F3N7O/c1-13-3-5-15(20(31-13)21-27-7-2-8-28-21)22(34)33-12-14-4-6-17(33)16(9-14)32-19-11-29-18(10-30-19)23(24,25)26/h2-3,5,7-8,10-11,14,16-17H,4,6,9,12H2,1H3,(H,30,32)/t14-,16+,17-/m0/s1. The van der Waals surface area contributed by atoms with Crippen molar-refractivity contribution in [2.45, 2.75) is 44.4 Å². The number of nitrogens with zero attached hydrogens (tertiary/aromatic N) is 6. The van der Waals surface area contributed by atoms with Crippen LogP contribution in [0.15, 0.2) is 43.0 Å². The van der Waals surface area contributed by atoms with Crippen LogP contribution >= 0.6 is 0 Å². The molecule has 3 fully saturated rings. The number of pyridine rings is 1. The van der Waals surface area contributed by atoms with E-state index in [1.165, 1.54) is 0 Å². The van der Waals surface area contributed by atoms with Gasteiger partial charge >= 0.3 is 6.18 Å². The molecule has 3 atom stereocenters. The summed E-state index contributed by atoms with van der Waals surface area (Å²) in [5.41, 5.74) is 0.574. The summed E-state index contributed by atoms with van der Waals surface area (Å²) < 4.78 is 38.4. The van der Waals surface area contributed by atoms with Gasteiger partial charge in [0.1, 0.15) is 11.5 Å². The zero-order chi connectivity index (χ0) is 23.9. The number of carbonyl (C=O) groups excluding carboxylic acids is 1. The molecule has 6 rings (SSSR count). The molecule has 3 aromatic rings. The van der Waals surface area contributed by atoms with Crippen LogP contribution in [0.4, 0.5) is 19.0 Å². The third-order valence-corrected chi connectivity index (χ3v) is 6.36. The lowest BCUT2D eigenvalue weighted by atomic mass is 9.76. The molecule has 2 saturated heterocycles. The summed E-state index contributed by atoms with van der Waals surface area (Å²) >= 11 is 0. The summed E-state index contributed by atoms with van der Waals surface area (Å²) in [7, 11) is 0. The molecule has 2 aliphatic heterocycles. The number of carbonyl (C=O) groups is 1. The van der Waals surface area contributed by atoms with Crippen molar-refractivity contribution in [1.82, 2.24) is 29.8 Å². The van der Waals surface area contributed by atoms with Gasteiger partial charge in [-0.05, 0) is 50.3 Å². The van der Waals surface area contributed by atoms with Gasteiger partial charge in [0.2, 0.25) is 0 Å². The van der Waals surface area contributed by atoms with E-state index in [1.807, 2.05) is 11.8 Å². The minimum Gasteiger partial charge on any atom is -0.364 e. The molecule has 3 aromatic heterocycles. The Labute approximate surface area is 193 Å². The quantitative estimate of drug-likeness (QED) is 0.621. The van der Waals surface area contributed by atoms with Gasteiger partial charge in [0, 0.05) is 30.7 Å². The number of rotatable bonds is 4. The summed E-state index contributed by atoms with van der Waals surface area (Å²) in [5.74, 6) is 0.762. The number of piperidine rings is 2.